The summed E-state index contributed by atoms with van der Waals surface area (Å²) in [6.07, 6.45) is 0.731. The number of ether oxygens (including phenoxy) is 2. The van der Waals surface area contributed by atoms with Gasteiger partial charge in [-0.1, -0.05) is 25.3 Å². The lowest BCUT2D eigenvalue weighted by Gasteiger charge is -2.13. The maximum Gasteiger partial charge on any atom is 0.333 e. The molecule has 0 saturated heterocycles. The molecule has 0 aliphatic carbocycles. The van der Waals surface area contributed by atoms with Crippen LogP contribution in [0, 0.1) is 18.3 Å². The van der Waals surface area contributed by atoms with Crippen molar-refractivity contribution in [2.75, 3.05) is 13.2 Å². The first-order valence-corrected chi connectivity index (χ1v) is 11.1. The van der Waals surface area contributed by atoms with Crippen molar-refractivity contribution in [3.8, 4) is 11.9 Å². The van der Waals surface area contributed by atoms with E-state index in [2.05, 4.69) is 23.4 Å². The number of aromatic hydroxyl groups is 1. The third kappa shape index (κ3) is 7.24. The fourth-order valence-electron chi connectivity index (χ4n) is 3.00. The molecule has 1 aromatic heterocycles. The molecule has 1 aromatic carbocycles. The summed E-state index contributed by atoms with van der Waals surface area (Å²) in [4.78, 5) is 35.6. The SMILES string of the molecule is C=C(C)C(=O)OCCCn1c(O)c(N=Nc2ccc(CCOC(=O)C(=C)C)cc2)c(C)c(C#N)c1=O. The van der Waals surface area contributed by atoms with Gasteiger partial charge in [-0.25, -0.2) is 9.59 Å². The number of benzene rings is 1. The van der Waals surface area contributed by atoms with Crippen molar-refractivity contribution < 1.29 is 24.2 Å². The quantitative estimate of drug-likeness (QED) is 0.213. The molecule has 10 heteroatoms. The Labute approximate surface area is 208 Å². The van der Waals surface area contributed by atoms with Crippen LogP contribution in [-0.4, -0.2) is 34.8 Å². The van der Waals surface area contributed by atoms with Gasteiger partial charge in [-0.3, -0.25) is 9.36 Å². The maximum absolute atomic E-state index is 12.7. The van der Waals surface area contributed by atoms with Crippen molar-refractivity contribution in [1.82, 2.24) is 4.57 Å². The first-order chi connectivity index (χ1) is 17.1. The number of pyridine rings is 1. The van der Waals surface area contributed by atoms with Gasteiger partial charge in [-0.2, -0.15) is 10.4 Å². The zero-order chi connectivity index (χ0) is 26.8. The molecule has 10 nitrogen and oxygen atoms in total. The number of hydrogen-bond donors (Lipinski definition) is 1. The highest BCUT2D eigenvalue weighted by atomic mass is 16.5. The molecule has 0 radical (unpaired) electrons. The predicted octanol–water partition coefficient (Wildman–Crippen LogP) is 4.32. The van der Waals surface area contributed by atoms with Crippen LogP contribution in [0.2, 0.25) is 0 Å². The number of nitrogens with zero attached hydrogens (tertiary/aromatic N) is 4. The summed E-state index contributed by atoms with van der Waals surface area (Å²) >= 11 is 0. The van der Waals surface area contributed by atoms with E-state index in [0.717, 1.165) is 10.1 Å². The van der Waals surface area contributed by atoms with E-state index in [1.54, 1.807) is 31.2 Å². The Kier molecular flexibility index (Phi) is 9.86. The zero-order valence-corrected chi connectivity index (χ0v) is 20.5. The molecule has 2 aromatic rings. The van der Waals surface area contributed by atoms with E-state index in [4.69, 9.17) is 9.47 Å². The number of nitriles is 1. The molecular formula is C26H28N4O6. The summed E-state index contributed by atoms with van der Waals surface area (Å²) in [6, 6.07) is 8.84. The highest BCUT2D eigenvalue weighted by Crippen LogP contribution is 2.32. The highest BCUT2D eigenvalue weighted by molar-refractivity contribution is 5.87. The van der Waals surface area contributed by atoms with E-state index in [1.807, 2.05) is 6.07 Å². The molecule has 2 rings (SSSR count). The van der Waals surface area contributed by atoms with E-state index in [1.165, 1.54) is 13.8 Å². The minimum Gasteiger partial charge on any atom is -0.493 e. The molecule has 0 atom stereocenters. The van der Waals surface area contributed by atoms with Crippen molar-refractivity contribution in [3.63, 3.8) is 0 Å². The third-order valence-electron chi connectivity index (χ3n) is 5.05. The Hall–Kier alpha value is -4.52. The second-order valence-corrected chi connectivity index (χ2v) is 8.04. The van der Waals surface area contributed by atoms with Crippen molar-refractivity contribution in [2.45, 2.75) is 40.2 Å². The van der Waals surface area contributed by atoms with Crippen molar-refractivity contribution in [1.29, 1.82) is 5.26 Å². The molecule has 0 saturated carbocycles. The Balaban J connectivity index is 2.17. The average Bonchev–Trinajstić information content (AvgIpc) is 2.84. The molecule has 0 aliphatic rings. The standard InChI is InChI=1S/C26H28N4O6/c1-16(2)25(33)35-13-6-12-30-23(31)21(15-27)18(5)22(24(30)32)29-28-20-9-7-19(8-10-20)11-14-36-26(34)17(3)4/h7-10,32H,1,3,6,11-14H2,2,4-5H3. The zero-order valence-electron chi connectivity index (χ0n) is 20.5. The van der Waals surface area contributed by atoms with Gasteiger partial charge in [0.25, 0.3) is 5.56 Å². The van der Waals surface area contributed by atoms with Gasteiger partial charge in [0.15, 0.2) is 5.69 Å². The molecule has 36 heavy (non-hydrogen) atoms. The van der Waals surface area contributed by atoms with Gasteiger partial charge in [-0.15, -0.1) is 5.11 Å². The van der Waals surface area contributed by atoms with Crippen molar-refractivity contribution in [3.05, 3.63) is 75.6 Å². The highest BCUT2D eigenvalue weighted by Gasteiger charge is 2.19. The maximum atomic E-state index is 12.7. The average molecular weight is 493 g/mol. The third-order valence-corrected chi connectivity index (χ3v) is 5.05. The summed E-state index contributed by atoms with van der Waals surface area (Å²) in [7, 11) is 0. The molecule has 0 spiro atoms. The van der Waals surface area contributed by atoms with Crippen LogP contribution >= 0.6 is 0 Å². The molecule has 0 unspecified atom stereocenters. The Morgan fingerprint density at radius 1 is 1.06 bits per heavy atom. The van der Waals surface area contributed by atoms with Crippen LogP contribution in [-0.2, 0) is 32.0 Å². The molecular weight excluding hydrogens is 464 g/mol. The Bertz CT molecular complexity index is 1300. The summed E-state index contributed by atoms with van der Waals surface area (Å²) in [5, 5.41) is 28.4. The smallest absolute Gasteiger partial charge is 0.333 e. The van der Waals surface area contributed by atoms with Crippen molar-refractivity contribution in [2.24, 2.45) is 10.2 Å². The van der Waals surface area contributed by atoms with Crippen molar-refractivity contribution >= 4 is 23.3 Å². The van der Waals surface area contributed by atoms with Crippen LogP contribution < -0.4 is 5.56 Å². The number of rotatable bonds is 11. The van der Waals surface area contributed by atoms with E-state index in [0.29, 0.717) is 17.7 Å². The lowest BCUT2D eigenvalue weighted by molar-refractivity contribution is -0.139. The minimum absolute atomic E-state index is 0.00291. The number of carbonyl (C=O) groups excluding carboxylic acids is 2. The lowest BCUT2D eigenvalue weighted by Crippen LogP contribution is -2.24. The van der Waals surface area contributed by atoms with Gasteiger partial charge < -0.3 is 14.6 Å². The van der Waals surface area contributed by atoms with E-state index < -0.39 is 23.4 Å². The van der Waals surface area contributed by atoms with Gasteiger partial charge in [0, 0.05) is 29.7 Å². The molecule has 1 heterocycles. The van der Waals surface area contributed by atoms with Crippen LogP contribution in [0.3, 0.4) is 0 Å². The van der Waals surface area contributed by atoms with Crippen LogP contribution in [0.25, 0.3) is 0 Å². The van der Waals surface area contributed by atoms with Gasteiger partial charge >= 0.3 is 11.9 Å². The fourth-order valence-corrected chi connectivity index (χ4v) is 3.00. The number of hydrogen-bond acceptors (Lipinski definition) is 9. The monoisotopic (exact) mass is 492 g/mol. The normalized spacial score (nSPS) is 10.6. The van der Waals surface area contributed by atoms with Gasteiger partial charge in [0.05, 0.1) is 18.9 Å². The van der Waals surface area contributed by atoms with Gasteiger partial charge in [0.2, 0.25) is 5.88 Å². The summed E-state index contributed by atoms with van der Waals surface area (Å²) in [6.45, 7) is 11.8. The van der Waals surface area contributed by atoms with Gasteiger partial charge in [0.1, 0.15) is 11.6 Å². The van der Waals surface area contributed by atoms with E-state index in [9.17, 15) is 24.8 Å². The number of aromatic nitrogens is 1. The fraction of sp³-hybridized carbons (Fsp3) is 0.308. The molecule has 0 amide bonds. The molecule has 1 N–H and O–H groups in total. The topological polar surface area (TPSA) is 143 Å². The first-order valence-electron chi connectivity index (χ1n) is 11.1. The molecule has 0 aliphatic heterocycles. The second-order valence-electron chi connectivity index (χ2n) is 8.04. The number of esters is 2. The number of azo groups is 1. The molecule has 0 fully saturated rings. The number of carbonyl (C=O) groups is 2. The van der Waals surface area contributed by atoms with Crippen LogP contribution in [0.1, 0.15) is 37.0 Å². The summed E-state index contributed by atoms with van der Waals surface area (Å²) in [5.74, 6) is -1.44. The van der Waals surface area contributed by atoms with Crippen LogP contribution in [0.5, 0.6) is 5.88 Å². The van der Waals surface area contributed by atoms with Crippen LogP contribution in [0.4, 0.5) is 11.4 Å². The molecule has 0 bridgehead atoms. The Morgan fingerprint density at radius 3 is 2.19 bits per heavy atom. The largest absolute Gasteiger partial charge is 0.493 e. The summed E-state index contributed by atoms with van der Waals surface area (Å²) < 4.78 is 11.1. The van der Waals surface area contributed by atoms with E-state index in [-0.39, 0.29) is 48.6 Å². The predicted molar refractivity (Wildman–Crippen MR) is 132 cm³/mol. The molecule has 188 valence electrons. The van der Waals surface area contributed by atoms with Crippen LogP contribution in [0.15, 0.2) is 63.6 Å². The van der Waals surface area contributed by atoms with Gasteiger partial charge in [-0.05, 0) is 44.9 Å². The Morgan fingerprint density at radius 2 is 1.64 bits per heavy atom. The second kappa shape index (κ2) is 12.8. The first kappa shape index (κ1) is 27.7. The lowest BCUT2D eigenvalue weighted by atomic mass is 10.1. The minimum atomic E-state index is -0.672. The summed E-state index contributed by atoms with van der Waals surface area (Å²) in [5.41, 5.74) is 1.32. The van der Waals surface area contributed by atoms with E-state index >= 15 is 0 Å².